The summed E-state index contributed by atoms with van der Waals surface area (Å²) in [5.74, 6) is -0.291. The van der Waals surface area contributed by atoms with Crippen molar-refractivity contribution in [3.63, 3.8) is 0 Å². The molecular formula is C18H23FN4O2. The molecule has 0 atom stereocenters. The van der Waals surface area contributed by atoms with E-state index in [1.807, 2.05) is 20.8 Å². The first-order valence-corrected chi connectivity index (χ1v) is 8.36. The number of aromatic amines is 1. The van der Waals surface area contributed by atoms with Crippen molar-refractivity contribution < 1.29 is 13.9 Å². The number of halogens is 1. The van der Waals surface area contributed by atoms with Crippen molar-refractivity contribution in [2.45, 2.75) is 26.4 Å². The minimum Gasteiger partial charge on any atom is -0.444 e. The molecule has 6 nitrogen and oxygen atoms in total. The van der Waals surface area contributed by atoms with E-state index in [1.54, 1.807) is 29.3 Å². The number of hydrogen-bond donors (Lipinski definition) is 1. The summed E-state index contributed by atoms with van der Waals surface area (Å²) in [7, 11) is 0. The largest absolute Gasteiger partial charge is 0.444 e. The lowest BCUT2D eigenvalue weighted by atomic mass is 10.1. The highest BCUT2D eigenvalue weighted by Gasteiger charge is 2.27. The molecule has 1 saturated heterocycles. The highest BCUT2D eigenvalue weighted by atomic mass is 19.1. The Kier molecular flexibility index (Phi) is 4.65. The van der Waals surface area contributed by atoms with Crippen LogP contribution in [0, 0.1) is 5.82 Å². The molecule has 1 aliphatic heterocycles. The maximum absolute atomic E-state index is 14.1. The first kappa shape index (κ1) is 17.3. The van der Waals surface area contributed by atoms with E-state index in [-0.39, 0.29) is 11.9 Å². The molecule has 1 aromatic carbocycles. The van der Waals surface area contributed by atoms with E-state index in [0.29, 0.717) is 37.4 Å². The maximum atomic E-state index is 14.1. The third-order valence-corrected chi connectivity index (χ3v) is 4.03. The average Bonchev–Trinajstić information content (AvgIpc) is 3.03. The van der Waals surface area contributed by atoms with E-state index in [1.165, 1.54) is 6.07 Å². The minimum atomic E-state index is -0.503. The Morgan fingerprint density at radius 2 is 1.88 bits per heavy atom. The van der Waals surface area contributed by atoms with E-state index in [2.05, 4.69) is 15.1 Å². The van der Waals surface area contributed by atoms with Gasteiger partial charge in [0.25, 0.3) is 0 Å². The number of amides is 1. The maximum Gasteiger partial charge on any atom is 0.410 e. The number of piperazine rings is 1. The van der Waals surface area contributed by atoms with Gasteiger partial charge in [-0.1, -0.05) is 12.1 Å². The van der Waals surface area contributed by atoms with Gasteiger partial charge in [-0.2, -0.15) is 5.10 Å². The van der Waals surface area contributed by atoms with Crippen LogP contribution in [0.15, 0.2) is 30.5 Å². The second-order valence-corrected chi connectivity index (χ2v) is 7.06. The number of nitrogens with zero attached hydrogens (tertiary/aromatic N) is 3. The lowest BCUT2D eigenvalue weighted by Crippen LogP contribution is -2.50. The molecule has 0 aliphatic carbocycles. The molecule has 1 amide bonds. The molecule has 2 heterocycles. The van der Waals surface area contributed by atoms with Gasteiger partial charge >= 0.3 is 6.09 Å². The summed E-state index contributed by atoms with van der Waals surface area (Å²) in [5, 5.41) is 6.97. The van der Waals surface area contributed by atoms with Crippen LogP contribution in [0.2, 0.25) is 0 Å². The summed E-state index contributed by atoms with van der Waals surface area (Å²) in [6.07, 6.45) is 1.40. The minimum absolute atomic E-state index is 0.291. The summed E-state index contributed by atoms with van der Waals surface area (Å²) in [6.45, 7) is 7.95. The van der Waals surface area contributed by atoms with E-state index in [0.717, 1.165) is 5.69 Å². The van der Waals surface area contributed by atoms with Crippen molar-refractivity contribution in [2.24, 2.45) is 0 Å². The summed E-state index contributed by atoms with van der Waals surface area (Å²) in [6, 6.07) is 6.61. The van der Waals surface area contributed by atoms with Crippen LogP contribution in [-0.4, -0.2) is 53.0 Å². The molecule has 1 fully saturated rings. The Hall–Kier alpha value is -2.57. The van der Waals surface area contributed by atoms with Crippen molar-refractivity contribution >= 4 is 11.8 Å². The molecule has 134 valence electrons. The number of carbonyl (C=O) groups is 1. The van der Waals surface area contributed by atoms with Crippen LogP contribution in [0.1, 0.15) is 20.8 Å². The predicted octanol–water partition coefficient (Wildman–Crippen LogP) is 3.27. The number of hydrogen-bond acceptors (Lipinski definition) is 4. The SMILES string of the molecule is CC(C)(C)OC(=O)N1CCN(c2cn[nH]c2-c2ccccc2F)CC1. The molecular weight excluding hydrogens is 323 g/mol. The number of carbonyl (C=O) groups excluding carboxylic acids is 1. The van der Waals surface area contributed by atoms with E-state index in [4.69, 9.17) is 4.74 Å². The molecule has 7 heteroatoms. The van der Waals surface area contributed by atoms with E-state index >= 15 is 0 Å². The fourth-order valence-electron chi connectivity index (χ4n) is 2.84. The standard InChI is InChI=1S/C18H23FN4O2/c1-18(2,3)25-17(24)23-10-8-22(9-11-23)15-12-20-21-16(15)13-6-4-5-7-14(13)19/h4-7,12H,8-11H2,1-3H3,(H,20,21). The molecule has 0 saturated carbocycles. The number of anilines is 1. The van der Waals surface area contributed by atoms with Crippen molar-refractivity contribution in [2.75, 3.05) is 31.1 Å². The normalized spacial score (nSPS) is 15.4. The van der Waals surface area contributed by atoms with Gasteiger partial charge in [0, 0.05) is 31.7 Å². The Morgan fingerprint density at radius 3 is 2.52 bits per heavy atom. The monoisotopic (exact) mass is 346 g/mol. The van der Waals surface area contributed by atoms with Crippen LogP contribution in [-0.2, 0) is 4.74 Å². The predicted molar refractivity (Wildman–Crippen MR) is 94.0 cm³/mol. The van der Waals surface area contributed by atoms with Gasteiger partial charge in [-0.25, -0.2) is 9.18 Å². The number of benzene rings is 1. The third kappa shape index (κ3) is 3.92. The van der Waals surface area contributed by atoms with Gasteiger partial charge in [-0.05, 0) is 32.9 Å². The van der Waals surface area contributed by atoms with Crippen molar-refractivity contribution in [3.8, 4) is 11.3 Å². The molecule has 2 aromatic rings. The van der Waals surface area contributed by atoms with Crippen molar-refractivity contribution in [3.05, 3.63) is 36.3 Å². The molecule has 0 radical (unpaired) electrons. The highest BCUT2D eigenvalue weighted by molar-refractivity contribution is 5.75. The molecule has 25 heavy (non-hydrogen) atoms. The summed E-state index contributed by atoms with van der Waals surface area (Å²) < 4.78 is 19.5. The van der Waals surface area contributed by atoms with Crippen LogP contribution in [0.3, 0.4) is 0 Å². The quantitative estimate of drug-likeness (QED) is 0.907. The van der Waals surface area contributed by atoms with Gasteiger partial charge in [0.2, 0.25) is 0 Å². The summed E-state index contributed by atoms with van der Waals surface area (Å²) in [4.78, 5) is 16.0. The van der Waals surface area contributed by atoms with Gasteiger partial charge < -0.3 is 14.5 Å². The molecule has 1 N–H and O–H groups in total. The lowest BCUT2D eigenvalue weighted by Gasteiger charge is -2.36. The van der Waals surface area contributed by atoms with Crippen molar-refractivity contribution in [1.29, 1.82) is 0 Å². The number of ether oxygens (including phenoxy) is 1. The zero-order chi connectivity index (χ0) is 18.0. The van der Waals surface area contributed by atoms with Crippen LogP contribution >= 0.6 is 0 Å². The Bertz CT molecular complexity index is 746. The molecule has 3 rings (SSSR count). The molecule has 1 aliphatic rings. The zero-order valence-corrected chi connectivity index (χ0v) is 14.8. The van der Waals surface area contributed by atoms with Gasteiger partial charge in [0.05, 0.1) is 17.6 Å². The van der Waals surface area contributed by atoms with E-state index in [9.17, 15) is 9.18 Å². The van der Waals surface area contributed by atoms with Gasteiger partial charge in [0.15, 0.2) is 0 Å². The topological polar surface area (TPSA) is 61.5 Å². The number of nitrogens with one attached hydrogen (secondary N) is 1. The van der Waals surface area contributed by atoms with E-state index < -0.39 is 5.60 Å². The van der Waals surface area contributed by atoms with Crippen LogP contribution in [0.5, 0.6) is 0 Å². The first-order valence-electron chi connectivity index (χ1n) is 8.36. The fourth-order valence-corrected chi connectivity index (χ4v) is 2.84. The highest BCUT2D eigenvalue weighted by Crippen LogP contribution is 2.31. The second-order valence-electron chi connectivity index (χ2n) is 7.06. The molecule has 0 bridgehead atoms. The molecule has 0 spiro atoms. The Labute approximate surface area is 146 Å². The fraction of sp³-hybridized carbons (Fsp3) is 0.444. The smallest absolute Gasteiger partial charge is 0.410 e. The first-order chi connectivity index (χ1) is 11.8. The Balaban J connectivity index is 1.70. The van der Waals surface area contributed by atoms with Crippen molar-refractivity contribution in [1.82, 2.24) is 15.1 Å². The number of rotatable bonds is 2. The van der Waals surface area contributed by atoms with Crippen LogP contribution in [0.4, 0.5) is 14.9 Å². The van der Waals surface area contributed by atoms with Crippen LogP contribution < -0.4 is 4.90 Å². The third-order valence-electron chi connectivity index (χ3n) is 4.03. The lowest BCUT2D eigenvalue weighted by molar-refractivity contribution is 0.0240. The number of aromatic nitrogens is 2. The van der Waals surface area contributed by atoms with Crippen LogP contribution in [0.25, 0.3) is 11.3 Å². The zero-order valence-electron chi connectivity index (χ0n) is 14.8. The summed E-state index contributed by atoms with van der Waals surface area (Å²) in [5.41, 5.74) is 1.49. The Morgan fingerprint density at radius 1 is 1.20 bits per heavy atom. The van der Waals surface area contributed by atoms with Gasteiger partial charge in [0.1, 0.15) is 11.4 Å². The number of H-pyrrole nitrogens is 1. The summed E-state index contributed by atoms with van der Waals surface area (Å²) >= 11 is 0. The second kappa shape index (κ2) is 6.74. The van der Waals surface area contributed by atoms with Gasteiger partial charge in [-0.15, -0.1) is 0 Å². The van der Waals surface area contributed by atoms with Gasteiger partial charge in [-0.3, -0.25) is 5.10 Å². The molecule has 1 aromatic heterocycles. The molecule has 0 unspecified atom stereocenters. The average molecular weight is 346 g/mol.